The van der Waals surface area contributed by atoms with Crippen LogP contribution < -0.4 is 10.7 Å². The van der Waals surface area contributed by atoms with E-state index in [1.165, 1.54) is 0 Å². The second-order valence-corrected chi connectivity index (χ2v) is 4.38. The van der Waals surface area contributed by atoms with Gasteiger partial charge in [0.1, 0.15) is 5.71 Å². The number of para-hydroxylation sites is 1. The summed E-state index contributed by atoms with van der Waals surface area (Å²) in [6, 6.07) is 7.30. The molecule has 17 heavy (non-hydrogen) atoms. The molecular formula is C11H10BrN3O2. The SMILES string of the molecule is O=C1CCC(C(=O)Nc2ccccc2Br)=NN1. The molecule has 0 bridgehead atoms. The Bertz CT molecular complexity index is 499. The molecule has 0 saturated carbocycles. The van der Waals surface area contributed by atoms with Gasteiger partial charge in [0.25, 0.3) is 5.91 Å². The molecule has 2 rings (SSSR count). The quantitative estimate of drug-likeness (QED) is 0.871. The highest BCUT2D eigenvalue weighted by molar-refractivity contribution is 9.10. The van der Waals surface area contributed by atoms with Crippen molar-refractivity contribution in [1.82, 2.24) is 5.43 Å². The molecule has 2 N–H and O–H groups in total. The number of benzene rings is 1. The average Bonchev–Trinajstić information content (AvgIpc) is 2.33. The van der Waals surface area contributed by atoms with Gasteiger partial charge in [-0.25, -0.2) is 5.43 Å². The molecular weight excluding hydrogens is 286 g/mol. The summed E-state index contributed by atoms with van der Waals surface area (Å²) < 4.78 is 0.800. The van der Waals surface area contributed by atoms with Crippen molar-refractivity contribution in [2.24, 2.45) is 5.10 Å². The van der Waals surface area contributed by atoms with Gasteiger partial charge >= 0.3 is 0 Å². The Hall–Kier alpha value is -1.69. The highest BCUT2D eigenvalue weighted by Crippen LogP contribution is 2.21. The van der Waals surface area contributed by atoms with Crippen molar-refractivity contribution in [3.8, 4) is 0 Å². The summed E-state index contributed by atoms with van der Waals surface area (Å²) in [6.07, 6.45) is 0.657. The number of nitrogens with one attached hydrogen (secondary N) is 2. The zero-order chi connectivity index (χ0) is 12.3. The monoisotopic (exact) mass is 295 g/mol. The molecule has 1 aliphatic heterocycles. The first kappa shape index (κ1) is 11.8. The molecule has 6 heteroatoms. The van der Waals surface area contributed by atoms with Gasteiger partial charge in [-0.05, 0) is 28.1 Å². The van der Waals surface area contributed by atoms with Crippen LogP contribution in [0.3, 0.4) is 0 Å². The Morgan fingerprint density at radius 2 is 2.12 bits per heavy atom. The number of rotatable bonds is 2. The van der Waals surface area contributed by atoms with Gasteiger partial charge in [0.15, 0.2) is 0 Å². The number of nitrogens with zero attached hydrogens (tertiary/aromatic N) is 1. The van der Waals surface area contributed by atoms with Gasteiger partial charge in [-0.1, -0.05) is 12.1 Å². The minimum Gasteiger partial charge on any atom is -0.320 e. The number of hydrazone groups is 1. The average molecular weight is 296 g/mol. The Morgan fingerprint density at radius 3 is 2.76 bits per heavy atom. The molecule has 0 fully saturated rings. The molecule has 0 aliphatic carbocycles. The van der Waals surface area contributed by atoms with Crippen LogP contribution in [0.15, 0.2) is 33.8 Å². The first-order valence-electron chi connectivity index (χ1n) is 5.08. The fourth-order valence-corrected chi connectivity index (χ4v) is 1.78. The minimum absolute atomic E-state index is 0.164. The van der Waals surface area contributed by atoms with Crippen LogP contribution in [0.2, 0.25) is 0 Å². The van der Waals surface area contributed by atoms with Crippen molar-refractivity contribution in [3.63, 3.8) is 0 Å². The van der Waals surface area contributed by atoms with Crippen LogP contribution >= 0.6 is 15.9 Å². The first-order valence-corrected chi connectivity index (χ1v) is 5.87. The summed E-state index contributed by atoms with van der Waals surface area (Å²) >= 11 is 3.33. The number of hydrogen-bond acceptors (Lipinski definition) is 3. The maximum Gasteiger partial charge on any atom is 0.271 e. The topological polar surface area (TPSA) is 70.6 Å². The lowest BCUT2D eigenvalue weighted by molar-refractivity contribution is -0.121. The normalized spacial score (nSPS) is 14.9. The Balaban J connectivity index is 2.07. The summed E-state index contributed by atoms with van der Waals surface area (Å²) in [7, 11) is 0. The molecule has 5 nitrogen and oxygen atoms in total. The second kappa shape index (κ2) is 5.09. The smallest absolute Gasteiger partial charge is 0.271 e. The van der Waals surface area contributed by atoms with Crippen LogP contribution in [0.1, 0.15) is 12.8 Å². The molecule has 0 spiro atoms. The lowest BCUT2D eigenvalue weighted by atomic mass is 10.1. The van der Waals surface area contributed by atoms with Gasteiger partial charge in [0, 0.05) is 17.3 Å². The lowest BCUT2D eigenvalue weighted by Crippen LogP contribution is -2.32. The van der Waals surface area contributed by atoms with Gasteiger partial charge in [-0.3, -0.25) is 9.59 Å². The maximum absolute atomic E-state index is 11.8. The van der Waals surface area contributed by atoms with Crippen LogP contribution in [-0.2, 0) is 9.59 Å². The summed E-state index contributed by atoms with van der Waals surface area (Å²) in [5.74, 6) is -0.459. The van der Waals surface area contributed by atoms with Crippen molar-refractivity contribution >= 4 is 39.1 Å². The van der Waals surface area contributed by atoms with Gasteiger partial charge < -0.3 is 5.32 Å². The fraction of sp³-hybridized carbons (Fsp3) is 0.182. The number of carbonyl (C=O) groups is 2. The zero-order valence-corrected chi connectivity index (χ0v) is 10.5. The molecule has 0 radical (unpaired) electrons. The van der Waals surface area contributed by atoms with Gasteiger partial charge in [0.05, 0.1) is 5.69 Å². The van der Waals surface area contributed by atoms with Crippen LogP contribution in [0, 0.1) is 0 Å². The van der Waals surface area contributed by atoms with Crippen molar-refractivity contribution in [3.05, 3.63) is 28.7 Å². The van der Waals surface area contributed by atoms with Crippen molar-refractivity contribution in [2.45, 2.75) is 12.8 Å². The summed E-state index contributed by atoms with van der Waals surface area (Å²) in [4.78, 5) is 22.7. The maximum atomic E-state index is 11.8. The van der Waals surface area contributed by atoms with E-state index < -0.39 is 0 Å². The molecule has 1 aromatic rings. The molecule has 0 unspecified atom stereocenters. The first-order chi connectivity index (χ1) is 8.16. The minimum atomic E-state index is -0.295. The van der Waals surface area contributed by atoms with Gasteiger partial charge in [-0.2, -0.15) is 5.10 Å². The van der Waals surface area contributed by atoms with E-state index in [4.69, 9.17) is 0 Å². The molecule has 1 heterocycles. The van der Waals surface area contributed by atoms with E-state index in [2.05, 4.69) is 31.8 Å². The van der Waals surface area contributed by atoms with Crippen molar-refractivity contribution in [1.29, 1.82) is 0 Å². The Morgan fingerprint density at radius 1 is 1.35 bits per heavy atom. The number of hydrogen-bond donors (Lipinski definition) is 2. The highest BCUT2D eigenvalue weighted by atomic mass is 79.9. The van der Waals surface area contributed by atoms with E-state index in [-0.39, 0.29) is 11.8 Å². The van der Waals surface area contributed by atoms with Crippen LogP contribution in [0.4, 0.5) is 5.69 Å². The summed E-state index contributed by atoms with van der Waals surface area (Å²) in [5, 5.41) is 6.45. The van der Waals surface area contributed by atoms with Crippen molar-refractivity contribution in [2.75, 3.05) is 5.32 Å². The third-order valence-electron chi connectivity index (χ3n) is 2.29. The molecule has 0 atom stereocenters. The van der Waals surface area contributed by atoms with E-state index in [1.54, 1.807) is 6.07 Å². The number of amides is 2. The third-order valence-corrected chi connectivity index (χ3v) is 2.98. The van der Waals surface area contributed by atoms with Gasteiger partial charge in [-0.15, -0.1) is 0 Å². The molecule has 2 amide bonds. The van der Waals surface area contributed by atoms with E-state index >= 15 is 0 Å². The van der Waals surface area contributed by atoms with E-state index in [1.807, 2.05) is 18.2 Å². The standard InChI is InChI=1S/C11H10BrN3O2/c12-7-3-1-2-4-8(7)13-11(17)9-5-6-10(16)15-14-9/h1-4H,5-6H2,(H,13,17)(H,15,16). The number of anilines is 1. The number of halogens is 1. The number of carbonyl (C=O) groups excluding carboxylic acids is 2. The predicted molar refractivity (Wildman–Crippen MR) is 67.6 cm³/mol. The largest absolute Gasteiger partial charge is 0.320 e. The Labute approximate surface area is 106 Å². The molecule has 1 aromatic carbocycles. The summed E-state index contributed by atoms with van der Waals surface area (Å²) in [6.45, 7) is 0. The van der Waals surface area contributed by atoms with E-state index in [0.717, 1.165) is 4.47 Å². The molecule has 1 aliphatic rings. The zero-order valence-electron chi connectivity index (χ0n) is 8.87. The molecule has 0 saturated heterocycles. The lowest BCUT2D eigenvalue weighted by Gasteiger charge is -2.12. The van der Waals surface area contributed by atoms with E-state index in [0.29, 0.717) is 24.2 Å². The van der Waals surface area contributed by atoms with Crippen molar-refractivity contribution < 1.29 is 9.59 Å². The second-order valence-electron chi connectivity index (χ2n) is 3.53. The highest BCUT2D eigenvalue weighted by Gasteiger charge is 2.18. The molecule has 0 aromatic heterocycles. The Kier molecular flexibility index (Phi) is 3.53. The van der Waals surface area contributed by atoms with Crippen LogP contribution in [0.25, 0.3) is 0 Å². The third kappa shape index (κ3) is 2.91. The molecule has 88 valence electrons. The summed E-state index contributed by atoms with van der Waals surface area (Å²) in [5.41, 5.74) is 3.30. The van der Waals surface area contributed by atoms with E-state index in [9.17, 15) is 9.59 Å². The van der Waals surface area contributed by atoms with Gasteiger partial charge in [0.2, 0.25) is 5.91 Å². The van der Waals surface area contributed by atoms with Crippen LogP contribution in [-0.4, -0.2) is 17.5 Å². The predicted octanol–water partition coefficient (Wildman–Crippen LogP) is 1.65. The van der Waals surface area contributed by atoms with Crippen LogP contribution in [0.5, 0.6) is 0 Å². The fourth-order valence-electron chi connectivity index (χ4n) is 1.39.